The fourth-order valence-electron chi connectivity index (χ4n) is 2.99. The Morgan fingerprint density at radius 1 is 1.24 bits per heavy atom. The van der Waals surface area contributed by atoms with Crippen LogP contribution in [0.25, 0.3) is 0 Å². The van der Waals surface area contributed by atoms with E-state index in [-0.39, 0.29) is 6.03 Å². The van der Waals surface area contributed by atoms with E-state index in [1.165, 1.54) is 0 Å². The first-order chi connectivity index (χ1) is 11.9. The third-order valence-corrected chi connectivity index (χ3v) is 4.27. The lowest BCUT2D eigenvalue weighted by molar-refractivity contribution is 0.0833. The van der Waals surface area contributed by atoms with Crippen LogP contribution in [0.5, 0.6) is 11.5 Å². The number of urea groups is 1. The van der Waals surface area contributed by atoms with Gasteiger partial charge in [0.15, 0.2) is 0 Å². The van der Waals surface area contributed by atoms with Crippen LogP contribution in [0, 0.1) is 6.92 Å². The number of nitrogens with zero attached hydrogens (tertiary/aromatic N) is 1. The first kappa shape index (κ1) is 17.1. The van der Waals surface area contributed by atoms with Crippen LogP contribution in [0.3, 0.4) is 0 Å². The molecule has 1 N–H and O–H groups in total. The monoisotopic (exact) mass is 340 g/mol. The van der Waals surface area contributed by atoms with Gasteiger partial charge in [0.25, 0.3) is 0 Å². The van der Waals surface area contributed by atoms with Gasteiger partial charge in [-0.05, 0) is 44.5 Å². The molecule has 5 nitrogen and oxygen atoms in total. The number of carbonyl (C=O) groups excluding carboxylic acids is 1. The second-order valence-corrected chi connectivity index (χ2v) is 6.94. The summed E-state index contributed by atoms with van der Waals surface area (Å²) >= 11 is 0. The predicted octanol–water partition coefficient (Wildman–Crippen LogP) is 4.21. The van der Waals surface area contributed by atoms with Crippen LogP contribution in [0.4, 0.5) is 10.5 Å². The number of benzene rings is 2. The summed E-state index contributed by atoms with van der Waals surface area (Å²) < 4.78 is 11.4. The number of aryl methyl sites for hydroxylation is 1. The maximum absolute atomic E-state index is 12.8. The van der Waals surface area contributed by atoms with Gasteiger partial charge in [-0.25, -0.2) is 4.79 Å². The Hall–Kier alpha value is -2.69. The van der Waals surface area contributed by atoms with Gasteiger partial charge in [-0.2, -0.15) is 0 Å². The van der Waals surface area contributed by atoms with E-state index in [1.54, 1.807) is 12.0 Å². The average molecular weight is 340 g/mol. The molecule has 0 saturated carbocycles. The SMILES string of the molecule is COc1ccc2c(c1)OC(C)(C)CN(C(=O)Nc1ccccc1C)C2. The van der Waals surface area contributed by atoms with Gasteiger partial charge in [0.05, 0.1) is 20.2 Å². The average Bonchev–Trinajstić information content (AvgIpc) is 2.70. The molecule has 0 unspecified atom stereocenters. The molecule has 0 aromatic heterocycles. The molecule has 0 fully saturated rings. The van der Waals surface area contributed by atoms with E-state index >= 15 is 0 Å². The van der Waals surface area contributed by atoms with Crippen LogP contribution in [-0.2, 0) is 6.54 Å². The van der Waals surface area contributed by atoms with Crippen LogP contribution in [0.1, 0.15) is 25.0 Å². The van der Waals surface area contributed by atoms with Crippen molar-refractivity contribution in [3.63, 3.8) is 0 Å². The predicted molar refractivity (Wildman–Crippen MR) is 98.3 cm³/mol. The number of fused-ring (bicyclic) bond motifs is 1. The standard InChI is InChI=1S/C20H24N2O3/c1-14-7-5-6-8-17(14)21-19(23)22-12-15-9-10-16(24-4)11-18(15)25-20(2,3)13-22/h5-11H,12-13H2,1-4H3,(H,21,23). The molecule has 1 aliphatic heterocycles. The lowest BCUT2D eigenvalue weighted by Gasteiger charge is -2.29. The number of hydrogen-bond acceptors (Lipinski definition) is 3. The minimum absolute atomic E-state index is 0.130. The lowest BCUT2D eigenvalue weighted by Crippen LogP contribution is -2.44. The Balaban J connectivity index is 1.86. The van der Waals surface area contributed by atoms with Crippen molar-refractivity contribution in [1.82, 2.24) is 4.90 Å². The molecular formula is C20H24N2O3. The maximum Gasteiger partial charge on any atom is 0.322 e. The molecule has 0 bridgehead atoms. The van der Waals surface area contributed by atoms with Crippen LogP contribution in [0.15, 0.2) is 42.5 Å². The van der Waals surface area contributed by atoms with Gasteiger partial charge in [-0.15, -0.1) is 0 Å². The molecule has 0 radical (unpaired) electrons. The lowest BCUT2D eigenvalue weighted by atomic mass is 10.1. The zero-order chi connectivity index (χ0) is 18.0. The van der Waals surface area contributed by atoms with Gasteiger partial charge in [0, 0.05) is 17.3 Å². The van der Waals surface area contributed by atoms with E-state index < -0.39 is 5.60 Å². The summed E-state index contributed by atoms with van der Waals surface area (Å²) in [6.45, 7) is 6.92. The third kappa shape index (κ3) is 3.87. The van der Waals surface area contributed by atoms with E-state index in [9.17, 15) is 4.79 Å². The van der Waals surface area contributed by atoms with Gasteiger partial charge < -0.3 is 19.7 Å². The van der Waals surface area contributed by atoms with Crippen molar-refractivity contribution in [3.8, 4) is 11.5 Å². The minimum Gasteiger partial charge on any atom is -0.497 e. The van der Waals surface area contributed by atoms with Gasteiger partial charge in [0.1, 0.15) is 17.1 Å². The normalized spacial score (nSPS) is 15.6. The Kier molecular flexibility index (Phi) is 4.57. The fraction of sp³-hybridized carbons (Fsp3) is 0.350. The Labute approximate surface area is 148 Å². The highest BCUT2D eigenvalue weighted by Gasteiger charge is 2.32. The first-order valence-corrected chi connectivity index (χ1v) is 8.35. The summed E-state index contributed by atoms with van der Waals surface area (Å²) in [4.78, 5) is 14.6. The number of rotatable bonds is 2. The van der Waals surface area contributed by atoms with E-state index in [1.807, 2.05) is 63.2 Å². The second-order valence-electron chi connectivity index (χ2n) is 6.94. The molecule has 1 aliphatic rings. The fourth-order valence-corrected chi connectivity index (χ4v) is 2.99. The summed E-state index contributed by atoms with van der Waals surface area (Å²) in [7, 11) is 1.63. The molecule has 5 heteroatoms. The number of para-hydroxylation sites is 1. The zero-order valence-corrected chi connectivity index (χ0v) is 15.1. The van der Waals surface area contributed by atoms with Crippen molar-refractivity contribution < 1.29 is 14.3 Å². The molecule has 0 atom stereocenters. The van der Waals surface area contributed by atoms with Crippen LogP contribution in [-0.4, -0.2) is 30.2 Å². The number of nitrogens with one attached hydrogen (secondary N) is 1. The number of anilines is 1. The quantitative estimate of drug-likeness (QED) is 0.891. The molecule has 0 spiro atoms. The number of ether oxygens (including phenoxy) is 2. The minimum atomic E-state index is -0.499. The van der Waals surface area contributed by atoms with Gasteiger partial charge in [0.2, 0.25) is 0 Å². The van der Waals surface area contributed by atoms with Gasteiger partial charge in [-0.3, -0.25) is 0 Å². The summed E-state index contributed by atoms with van der Waals surface area (Å²) in [6, 6.07) is 13.3. The van der Waals surface area contributed by atoms with E-state index in [2.05, 4.69) is 5.32 Å². The molecule has 2 amide bonds. The second kappa shape index (κ2) is 6.67. The van der Waals surface area contributed by atoms with Crippen molar-refractivity contribution in [3.05, 3.63) is 53.6 Å². The molecule has 2 aromatic carbocycles. The molecular weight excluding hydrogens is 316 g/mol. The van der Waals surface area contributed by atoms with Crippen molar-refractivity contribution in [1.29, 1.82) is 0 Å². The Bertz CT molecular complexity index is 786. The topological polar surface area (TPSA) is 50.8 Å². The highest BCUT2D eigenvalue weighted by atomic mass is 16.5. The largest absolute Gasteiger partial charge is 0.497 e. The van der Waals surface area contributed by atoms with Crippen molar-refractivity contribution >= 4 is 11.7 Å². The summed E-state index contributed by atoms with van der Waals surface area (Å²) in [5, 5.41) is 3.01. The van der Waals surface area contributed by atoms with Crippen molar-refractivity contribution in [2.24, 2.45) is 0 Å². The molecule has 2 aromatic rings. The molecule has 25 heavy (non-hydrogen) atoms. The van der Waals surface area contributed by atoms with Crippen molar-refractivity contribution in [2.75, 3.05) is 19.0 Å². The van der Waals surface area contributed by atoms with Gasteiger partial charge in [-0.1, -0.05) is 18.2 Å². The molecule has 0 saturated heterocycles. The molecule has 132 valence electrons. The Morgan fingerprint density at radius 2 is 2.00 bits per heavy atom. The van der Waals surface area contributed by atoms with Gasteiger partial charge >= 0.3 is 6.03 Å². The number of methoxy groups -OCH3 is 1. The van der Waals surface area contributed by atoms with Crippen LogP contribution in [0.2, 0.25) is 0 Å². The molecule has 1 heterocycles. The first-order valence-electron chi connectivity index (χ1n) is 8.35. The zero-order valence-electron chi connectivity index (χ0n) is 15.1. The third-order valence-electron chi connectivity index (χ3n) is 4.27. The smallest absolute Gasteiger partial charge is 0.322 e. The highest BCUT2D eigenvalue weighted by molar-refractivity contribution is 5.90. The van der Waals surface area contributed by atoms with E-state index in [0.717, 1.165) is 28.3 Å². The number of carbonyl (C=O) groups is 1. The summed E-state index contributed by atoms with van der Waals surface area (Å²) in [5.74, 6) is 1.50. The molecule has 0 aliphatic carbocycles. The maximum atomic E-state index is 12.8. The van der Waals surface area contributed by atoms with E-state index in [0.29, 0.717) is 13.1 Å². The van der Waals surface area contributed by atoms with E-state index in [4.69, 9.17) is 9.47 Å². The van der Waals surface area contributed by atoms with Crippen molar-refractivity contribution in [2.45, 2.75) is 32.9 Å². The number of amides is 2. The molecule has 3 rings (SSSR count). The highest BCUT2D eigenvalue weighted by Crippen LogP contribution is 2.32. The van der Waals surface area contributed by atoms with Crippen LogP contribution >= 0.6 is 0 Å². The Morgan fingerprint density at radius 3 is 2.72 bits per heavy atom. The summed E-state index contributed by atoms with van der Waals surface area (Å²) in [6.07, 6.45) is 0. The van der Waals surface area contributed by atoms with Crippen LogP contribution < -0.4 is 14.8 Å². The summed E-state index contributed by atoms with van der Waals surface area (Å²) in [5.41, 5.74) is 2.32. The number of hydrogen-bond donors (Lipinski definition) is 1.